The number of aromatic nitrogens is 1. The van der Waals surface area contributed by atoms with Crippen LogP contribution < -0.4 is 14.8 Å². The number of rotatable bonds is 4. The van der Waals surface area contributed by atoms with E-state index in [1.807, 2.05) is 6.07 Å². The molecule has 27 heavy (non-hydrogen) atoms. The van der Waals surface area contributed by atoms with Crippen molar-refractivity contribution >= 4 is 34.5 Å². The van der Waals surface area contributed by atoms with Crippen LogP contribution in [0.5, 0.6) is 0 Å². The summed E-state index contributed by atoms with van der Waals surface area (Å²) in [6.45, 7) is 7.13. The Bertz CT molecular complexity index is 1130. The highest BCUT2D eigenvalue weighted by molar-refractivity contribution is 7.07. The summed E-state index contributed by atoms with van der Waals surface area (Å²) < 4.78 is 1.86. The molecule has 0 saturated heterocycles. The second kappa shape index (κ2) is 7.68. The van der Waals surface area contributed by atoms with Crippen LogP contribution in [0.25, 0.3) is 11.6 Å². The lowest BCUT2D eigenvalue weighted by molar-refractivity contribution is -0.385. The minimum atomic E-state index is -0.772. The van der Waals surface area contributed by atoms with Crippen molar-refractivity contribution in [2.24, 2.45) is 5.41 Å². The van der Waals surface area contributed by atoms with Crippen molar-refractivity contribution in [2.75, 3.05) is 0 Å². The molecule has 0 bridgehead atoms. The maximum Gasteiger partial charge on any atom is 0.276 e. The van der Waals surface area contributed by atoms with Crippen LogP contribution >= 0.6 is 11.3 Å². The summed E-state index contributed by atoms with van der Waals surface area (Å²) in [5.74, 6) is -0.356. The van der Waals surface area contributed by atoms with Crippen molar-refractivity contribution in [1.82, 2.24) is 4.57 Å². The Kier molecular flexibility index (Phi) is 5.76. The van der Waals surface area contributed by atoms with Gasteiger partial charge < -0.3 is 0 Å². The number of ketones is 1. The first-order valence-electron chi connectivity index (χ1n) is 8.25. The molecule has 0 saturated carbocycles. The molecule has 0 atom stereocenters. The number of para-hydroxylation sites is 1. The van der Waals surface area contributed by atoms with Crippen molar-refractivity contribution in [3.8, 4) is 6.07 Å². The van der Waals surface area contributed by atoms with E-state index in [0.29, 0.717) is 0 Å². The number of hydrogen-bond donors (Lipinski definition) is 0. The quantitative estimate of drug-likeness (QED) is 0.591. The molecule has 2 rings (SSSR count). The first-order valence-corrected chi connectivity index (χ1v) is 9.07. The van der Waals surface area contributed by atoms with Crippen molar-refractivity contribution in [2.45, 2.75) is 34.2 Å². The van der Waals surface area contributed by atoms with Gasteiger partial charge >= 0.3 is 0 Å². The van der Waals surface area contributed by atoms with Gasteiger partial charge in [-0.2, -0.15) is 5.26 Å². The van der Waals surface area contributed by atoms with Crippen LogP contribution in [0.15, 0.2) is 29.1 Å². The van der Waals surface area contributed by atoms with Gasteiger partial charge in [-0.3, -0.25) is 24.3 Å². The minimum absolute atomic E-state index is 0.0753. The summed E-state index contributed by atoms with van der Waals surface area (Å²) in [5.41, 5.74) is -1.06. The van der Waals surface area contributed by atoms with Gasteiger partial charge in [-0.1, -0.05) is 32.9 Å². The van der Waals surface area contributed by atoms with E-state index in [-0.39, 0.29) is 43.9 Å². The molecule has 1 heterocycles. The van der Waals surface area contributed by atoms with Crippen molar-refractivity contribution in [3.63, 3.8) is 0 Å². The Balaban J connectivity index is 2.88. The topological polar surface area (TPSA) is 106 Å². The fourth-order valence-corrected chi connectivity index (χ4v) is 3.63. The fraction of sp³-hybridized carbons (Fsp3) is 0.316. The maximum absolute atomic E-state index is 12.7. The smallest absolute Gasteiger partial charge is 0.276 e. The zero-order valence-corrected chi connectivity index (χ0v) is 16.3. The Hall–Kier alpha value is -3.05. The number of nitriles is 1. The molecule has 0 aliphatic rings. The lowest BCUT2D eigenvalue weighted by Gasteiger charge is -2.15. The third kappa shape index (κ3) is 4.04. The summed E-state index contributed by atoms with van der Waals surface area (Å²) in [4.78, 5) is 36.0. The maximum atomic E-state index is 12.7. The number of nitrogens with zero attached hydrogens (tertiary/aromatic N) is 3. The van der Waals surface area contributed by atoms with Crippen molar-refractivity contribution < 1.29 is 9.72 Å². The number of Topliss-reactive ketones (excluding diaryl/α,β-unsaturated/α-hetero) is 1. The highest BCUT2D eigenvalue weighted by Crippen LogP contribution is 2.20. The molecule has 1 aromatic heterocycles. The monoisotopic (exact) mass is 385 g/mol. The Morgan fingerprint density at radius 2 is 2.00 bits per heavy atom. The summed E-state index contributed by atoms with van der Waals surface area (Å²) in [6.07, 6.45) is 1.43. The van der Waals surface area contributed by atoms with Gasteiger partial charge in [0.05, 0.1) is 15.0 Å². The average Bonchev–Trinajstić information content (AvgIpc) is 2.90. The SMILES string of the molecule is CCn1c(=O)/c(=C\c2ccccc2[N+](=O)[O-])s/c1=C(/C#N)C(=O)C(C)(C)C. The molecular weight excluding hydrogens is 366 g/mol. The molecule has 0 fully saturated rings. The van der Waals surface area contributed by atoms with Crippen molar-refractivity contribution in [3.05, 3.63) is 59.5 Å². The number of carbonyl (C=O) groups excluding carboxylic acids is 1. The molecular formula is C19H19N3O4S. The Morgan fingerprint density at radius 1 is 1.37 bits per heavy atom. The highest BCUT2D eigenvalue weighted by Gasteiger charge is 2.27. The first kappa shape index (κ1) is 20.3. The molecule has 0 amide bonds. The molecule has 7 nitrogen and oxygen atoms in total. The van der Waals surface area contributed by atoms with Crippen LogP contribution in [0.4, 0.5) is 5.69 Å². The second-order valence-electron chi connectivity index (χ2n) is 6.85. The number of thiazole rings is 1. The summed E-state index contributed by atoms with van der Waals surface area (Å²) in [6, 6.07) is 8.01. The van der Waals surface area contributed by atoms with Crippen molar-refractivity contribution in [1.29, 1.82) is 5.26 Å². The Labute approximate surface area is 159 Å². The average molecular weight is 385 g/mol. The fourth-order valence-electron chi connectivity index (χ4n) is 2.48. The molecule has 0 aliphatic heterocycles. The molecule has 0 unspecified atom stereocenters. The van der Waals surface area contributed by atoms with E-state index >= 15 is 0 Å². The largest absolute Gasteiger partial charge is 0.298 e. The van der Waals surface area contributed by atoms with Gasteiger partial charge in [0, 0.05) is 18.0 Å². The van der Waals surface area contributed by atoms with Crippen LogP contribution in [0, 0.1) is 26.9 Å². The van der Waals surface area contributed by atoms with Gasteiger partial charge in [-0.05, 0) is 19.1 Å². The summed E-state index contributed by atoms with van der Waals surface area (Å²) >= 11 is 0.995. The number of carbonyl (C=O) groups is 1. The van der Waals surface area contributed by atoms with Crippen LogP contribution in [-0.4, -0.2) is 15.3 Å². The molecule has 0 radical (unpaired) electrons. The van der Waals surface area contributed by atoms with Crippen LogP contribution in [-0.2, 0) is 11.3 Å². The third-order valence-corrected chi connectivity index (χ3v) is 5.01. The normalized spacial score (nSPS) is 13.2. The summed E-state index contributed by atoms with van der Waals surface area (Å²) in [7, 11) is 0. The Morgan fingerprint density at radius 3 is 2.52 bits per heavy atom. The molecule has 140 valence electrons. The number of benzene rings is 1. The standard InChI is InChI=1S/C19H19N3O4S/c1-5-21-17(24)15(10-12-8-6-7-9-14(12)22(25)26)27-18(21)13(11-20)16(23)19(2,3)4/h6-10H,5H2,1-4H3/b15-10+,18-13-. The third-order valence-electron chi connectivity index (χ3n) is 3.88. The zero-order valence-electron chi connectivity index (χ0n) is 15.5. The van der Waals surface area contributed by atoms with Gasteiger partial charge in [0.25, 0.3) is 11.2 Å². The van der Waals surface area contributed by atoms with E-state index in [0.717, 1.165) is 11.3 Å². The van der Waals surface area contributed by atoms with E-state index in [1.165, 1.54) is 16.7 Å². The molecule has 0 N–H and O–H groups in total. The number of nitro benzene ring substituents is 1. The molecule has 8 heteroatoms. The van der Waals surface area contributed by atoms with Gasteiger partial charge in [-0.25, -0.2) is 0 Å². The van der Waals surface area contributed by atoms with Crippen LogP contribution in [0.2, 0.25) is 0 Å². The van der Waals surface area contributed by atoms with Crippen LogP contribution in [0.3, 0.4) is 0 Å². The van der Waals surface area contributed by atoms with Gasteiger partial charge in [0.2, 0.25) is 0 Å². The van der Waals surface area contributed by atoms with E-state index in [1.54, 1.807) is 45.9 Å². The highest BCUT2D eigenvalue weighted by atomic mass is 32.1. The zero-order chi connectivity index (χ0) is 20.4. The predicted octanol–water partition coefficient (Wildman–Crippen LogP) is 1.96. The van der Waals surface area contributed by atoms with E-state index in [2.05, 4.69) is 0 Å². The van der Waals surface area contributed by atoms with E-state index in [9.17, 15) is 25.0 Å². The van der Waals surface area contributed by atoms with Crippen LogP contribution in [0.1, 0.15) is 33.3 Å². The lowest BCUT2D eigenvalue weighted by Crippen LogP contribution is -2.33. The van der Waals surface area contributed by atoms with Gasteiger partial charge in [0.15, 0.2) is 5.78 Å². The summed E-state index contributed by atoms with van der Waals surface area (Å²) in [5, 5.41) is 20.7. The van der Waals surface area contributed by atoms with E-state index in [4.69, 9.17) is 0 Å². The first-order chi connectivity index (χ1) is 12.6. The number of hydrogen-bond acceptors (Lipinski definition) is 6. The molecule has 1 aromatic carbocycles. The predicted molar refractivity (Wildman–Crippen MR) is 104 cm³/mol. The van der Waals surface area contributed by atoms with Gasteiger partial charge in [0.1, 0.15) is 16.3 Å². The molecule has 0 spiro atoms. The van der Waals surface area contributed by atoms with E-state index < -0.39 is 10.3 Å². The lowest BCUT2D eigenvalue weighted by atomic mass is 9.87. The number of nitro groups is 1. The second-order valence-corrected chi connectivity index (χ2v) is 7.88. The van der Waals surface area contributed by atoms with Gasteiger partial charge in [-0.15, -0.1) is 11.3 Å². The molecule has 2 aromatic rings. The minimum Gasteiger partial charge on any atom is -0.298 e. The molecule has 0 aliphatic carbocycles.